The third-order valence-corrected chi connectivity index (χ3v) is 3.44. The standard InChI is InChI=1S/C12H22N2O4S/c1-19-7-4-10(11(15)16)14-12(17)13-5-6-18-8-9-2-3-9/h9-10H,2-8H2,1H3,(H,15,16)(H2,13,14,17). The van der Waals surface area contributed by atoms with Gasteiger partial charge >= 0.3 is 12.0 Å². The maximum absolute atomic E-state index is 11.5. The van der Waals surface area contributed by atoms with E-state index in [2.05, 4.69) is 10.6 Å². The predicted octanol–water partition coefficient (Wildman–Crippen LogP) is 0.918. The Morgan fingerprint density at radius 2 is 2.21 bits per heavy atom. The molecule has 1 aliphatic rings. The van der Waals surface area contributed by atoms with Crippen molar-refractivity contribution in [2.75, 3.05) is 31.8 Å². The molecule has 6 nitrogen and oxygen atoms in total. The monoisotopic (exact) mass is 290 g/mol. The van der Waals surface area contributed by atoms with Crippen LogP contribution < -0.4 is 10.6 Å². The largest absolute Gasteiger partial charge is 0.480 e. The van der Waals surface area contributed by atoms with E-state index < -0.39 is 18.0 Å². The lowest BCUT2D eigenvalue weighted by molar-refractivity contribution is -0.139. The van der Waals surface area contributed by atoms with E-state index in [1.807, 2.05) is 6.26 Å². The molecule has 1 atom stereocenters. The summed E-state index contributed by atoms with van der Waals surface area (Å²) in [7, 11) is 0. The van der Waals surface area contributed by atoms with Crippen molar-refractivity contribution in [1.29, 1.82) is 0 Å². The summed E-state index contributed by atoms with van der Waals surface area (Å²) < 4.78 is 5.36. The summed E-state index contributed by atoms with van der Waals surface area (Å²) in [5.41, 5.74) is 0. The molecule has 2 amide bonds. The number of ether oxygens (including phenoxy) is 1. The van der Waals surface area contributed by atoms with Crippen LogP contribution in [0.25, 0.3) is 0 Å². The number of nitrogens with one attached hydrogen (secondary N) is 2. The second-order valence-electron chi connectivity index (χ2n) is 4.59. The molecule has 0 radical (unpaired) electrons. The summed E-state index contributed by atoms with van der Waals surface area (Å²) >= 11 is 1.55. The van der Waals surface area contributed by atoms with Crippen molar-refractivity contribution in [3.05, 3.63) is 0 Å². The van der Waals surface area contributed by atoms with Gasteiger partial charge in [-0.1, -0.05) is 0 Å². The number of hydrogen-bond donors (Lipinski definition) is 3. The van der Waals surface area contributed by atoms with Crippen LogP contribution in [0, 0.1) is 5.92 Å². The van der Waals surface area contributed by atoms with E-state index in [1.54, 1.807) is 11.8 Å². The van der Waals surface area contributed by atoms with Crippen molar-refractivity contribution in [3.8, 4) is 0 Å². The molecular formula is C12H22N2O4S. The Labute approximate surface area is 117 Å². The van der Waals surface area contributed by atoms with Gasteiger partial charge in [-0.05, 0) is 37.2 Å². The molecule has 7 heteroatoms. The van der Waals surface area contributed by atoms with Gasteiger partial charge in [-0.25, -0.2) is 9.59 Å². The first kappa shape index (κ1) is 16.1. The number of carbonyl (C=O) groups excluding carboxylic acids is 1. The summed E-state index contributed by atoms with van der Waals surface area (Å²) in [5.74, 6) is 0.396. The maximum Gasteiger partial charge on any atom is 0.326 e. The number of rotatable bonds is 10. The van der Waals surface area contributed by atoms with Crippen LogP contribution >= 0.6 is 11.8 Å². The first-order valence-electron chi connectivity index (χ1n) is 6.47. The average Bonchev–Trinajstić information content (AvgIpc) is 3.17. The zero-order chi connectivity index (χ0) is 14.1. The van der Waals surface area contributed by atoms with Crippen molar-refractivity contribution in [3.63, 3.8) is 0 Å². The first-order chi connectivity index (χ1) is 9.13. The van der Waals surface area contributed by atoms with Gasteiger partial charge in [0, 0.05) is 13.2 Å². The molecule has 0 heterocycles. The lowest BCUT2D eigenvalue weighted by Crippen LogP contribution is -2.47. The van der Waals surface area contributed by atoms with E-state index >= 15 is 0 Å². The Hall–Kier alpha value is -0.950. The summed E-state index contributed by atoms with van der Waals surface area (Å²) in [5, 5.41) is 14.0. The Morgan fingerprint density at radius 3 is 2.79 bits per heavy atom. The third kappa shape index (κ3) is 7.94. The highest BCUT2D eigenvalue weighted by Gasteiger charge is 2.21. The SMILES string of the molecule is CSCCC(NC(=O)NCCOCC1CC1)C(=O)O. The van der Waals surface area contributed by atoms with Gasteiger partial charge in [0.15, 0.2) is 0 Å². The second kappa shape index (κ2) is 9.03. The summed E-state index contributed by atoms with van der Waals surface area (Å²) in [6.07, 6.45) is 4.80. The highest BCUT2D eigenvalue weighted by molar-refractivity contribution is 7.98. The van der Waals surface area contributed by atoms with Gasteiger partial charge in [-0.15, -0.1) is 0 Å². The van der Waals surface area contributed by atoms with E-state index in [0.717, 1.165) is 6.61 Å². The number of thioether (sulfide) groups is 1. The van der Waals surface area contributed by atoms with Crippen molar-refractivity contribution >= 4 is 23.8 Å². The molecule has 0 aromatic carbocycles. The van der Waals surface area contributed by atoms with E-state index in [0.29, 0.717) is 31.2 Å². The number of amides is 2. The Bertz CT molecular complexity index is 297. The van der Waals surface area contributed by atoms with E-state index in [9.17, 15) is 9.59 Å². The Morgan fingerprint density at radius 1 is 1.47 bits per heavy atom. The van der Waals surface area contributed by atoms with Crippen LogP contribution in [0.3, 0.4) is 0 Å². The quantitative estimate of drug-likeness (QED) is 0.521. The van der Waals surface area contributed by atoms with Gasteiger partial charge in [0.05, 0.1) is 6.61 Å². The first-order valence-corrected chi connectivity index (χ1v) is 7.86. The molecule has 110 valence electrons. The van der Waals surface area contributed by atoms with E-state index in [-0.39, 0.29) is 0 Å². The smallest absolute Gasteiger partial charge is 0.326 e. The molecule has 1 aliphatic carbocycles. The lowest BCUT2D eigenvalue weighted by Gasteiger charge is -2.14. The fourth-order valence-corrected chi connectivity index (χ4v) is 1.95. The predicted molar refractivity (Wildman–Crippen MR) is 74.5 cm³/mol. The van der Waals surface area contributed by atoms with Crippen molar-refractivity contribution < 1.29 is 19.4 Å². The fourth-order valence-electron chi connectivity index (χ4n) is 1.47. The van der Waals surface area contributed by atoms with Gasteiger partial charge < -0.3 is 20.5 Å². The number of carboxylic acid groups (broad SMARTS) is 1. The molecule has 0 aromatic rings. The van der Waals surface area contributed by atoms with Crippen molar-refractivity contribution in [2.45, 2.75) is 25.3 Å². The Balaban J connectivity index is 2.06. The summed E-state index contributed by atoms with van der Waals surface area (Å²) in [6.45, 7) is 1.62. The van der Waals surface area contributed by atoms with Crippen LogP contribution in [-0.4, -0.2) is 54.9 Å². The second-order valence-corrected chi connectivity index (χ2v) is 5.58. The van der Waals surface area contributed by atoms with Crippen LogP contribution in [0.5, 0.6) is 0 Å². The van der Waals surface area contributed by atoms with Gasteiger partial charge in [0.1, 0.15) is 6.04 Å². The summed E-state index contributed by atoms with van der Waals surface area (Å²) in [6, 6.07) is -1.29. The van der Waals surface area contributed by atoms with Crippen molar-refractivity contribution in [1.82, 2.24) is 10.6 Å². The Kier molecular flexibility index (Phi) is 7.66. The number of carbonyl (C=O) groups is 2. The van der Waals surface area contributed by atoms with Gasteiger partial charge in [0.2, 0.25) is 0 Å². The molecule has 0 bridgehead atoms. The molecule has 19 heavy (non-hydrogen) atoms. The van der Waals surface area contributed by atoms with Gasteiger partial charge in [0.25, 0.3) is 0 Å². The number of hydrogen-bond acceptors (Lipinski definition) is 4. The van der Waals surface area contributed by atoms with Crippen molar-refractivity contribution in [2.24, 2.45) is 5.92 Å². The van der Waals surface area contributed by atoms with Crippen LogP contribution in [0.4, 0.5) is 4.79 Å². The minimum Gasteiger partial charge on any atom is -0.480 e. The maximum atomic E-state index is 11.5. The molecule has 3 N–H and O–H groups in total. The molecule has 1 fully saturated rings. The molecule has 0 aromatic heterocycles. The molecule has 0 spiro atoms. The number of urea groups is 1. The van der Waals surface area contributed by atoms with Crippen LogP contribution in [-0.2, 0) is 9.53 Å². The fraction of sp³-hybridized carbons (Fsp3) is 0.833. The normalized spacial score (nSPS) is 15.8. The molecule has 1 rings (SSSR count). The molecule has 0 saturated heterocycles. The van der Waals surface area contributed by atoms with E-state index in [4.69, 9.17) is 9.84 Å². The topological polar surface area (TPSA) is 87.7 Å². The molecule has 1 unspecified atom stereocenters. The van der Waals surface area contributed by atoms with Gasteiger partial charge in [-0.3, -0.25) is 0 Å². The highest BCUT2D eigenvalue weighted by Crippen LogP contribution is 2.28. The van der Waals surface area contributed by atoms with Crippen LogP contribution in [0.2, 0.25) is 0 Å². The van der Waals surface area contributed by atoms with E-state index in [1.165, 1.54) is 12.8 Å². The number of carboxylic acids is 1. The molecule has 0 aliphatic heterocycles. The minimum absolute atomic E-state index is 0.396. The zero-order valence-electron chi connectivity index (χ0n) is 11.2. The average molecular weight is 290 g/mol. The molecule has 1 saturated carbocycles. The number of aliphatic carboxylic acids is 1. The van der Waals surface area contributed by atoms with Gasteiger partial charge in [-0.2, -0.15) is 11.8 Å². The third-order valence-electron chi connectivity index (χ3n) is 2.80. The molecular weight excluding hydrogens is 268 g/mol. The minimum atomic E-state index is -1.01. The highest BCUT2D eigenvalue weighted by atomic mass is 32.2. The zero-order valence-corrected chi connectivity index (χ0v) is 12.0. The van der Waals surface area contributed by atoms with Crippen LogP contribution in [0.1, 0.15) is 19.3 Å². The van der Waals surface area contributed by atoms with Crippen LogP contribution in [0.15, 0.2) is 0 Å². The lowest BCUT2D eigenvalue weighted by atomic mass is 10.2. The summed E-state index contributed by atoms with van der Waals surface area (Å²) in [4.78, 5) is 22.4.